The number of amides is 3. The maximum Gasteiger partial charge on any atom is 0.289 e. The van der Waals surface area contributed by atoms with Crippen molar-refractivity contribution in [1.82, 2.24) is 4.90 Å². The number of rotatable bonds is 3. The third-order valence-corrected chi connectivity index (χ3v) is 3.48. The average Bonchev–Trinajstić information content (AvgIpc) is 2.65. The maximum atomic E-state index is 11.8. The smallest absolute Gasteiger partial charge is 0.289 e. The number of nitrogens with zero attached hydrogens (tertiary/aromatic N) is 1. The first-order valence-corrected chi connectivity index (χ1v) is 6.59. The standard InChI is InChI=1S/C12H13N3O3S/c1-7-2-3-9(8(13)4-7)14-10(16)5-15-11(17)6-19-12(15)18/h2-4H,5-6,13H2,1H3,(H,14,16). The van der Waals surface area contributed by atoms with Crippen molar-refractivity contribution < 1.29 is 14.4 Å². The minimum atomic E-state index is -0.445. The van der Waals surface area contributed by atoms with Gasteiger partial charge in [0.15, 0.2) is 0 Å². The fourth-order valence-electron chi connectivity index (χ4n) is 1.66. The fourth-order valence-corrected chi connectivity index (χ4v) is 2.39. The summed E-state index contributed by atoms with van der Waals surface area (Å²) in [5, 5.41) is 2.19. The fraction of sp³-hybridized carbons (Fsp3) is 0.250. The summed E-state index contributed by atoms with van der Waals surface area (Å²) in [6.07, 6.45) is 0. The van der Waals surface area contributed by atoms with Gasteiger partial charge in [-0.2, -0.15) is 0 Å². The van der Waals surface area contributed by atoms with Gasteiger partial charge in [-0.25, -0.2) is 0 Å². The van der Waals surface area contributed by atoms with Gasteiger partial charge < -0.3 is 11.1 Å². The highest BCUT2D eigenvalue weighted by atomic mass is 32.2. The first-order chi connectivity index (χ1) is 8.97. The van der Waals surface area contributed by atoms with Crippen LogP contribution < -0.4 is 11.1 Å². The van der Waals surface area contributed by atoms with Crippen molar-refractivity contribution in [3.8, 4) is 0 Å². The molecule has 0 unspecified atom stereocenters. The zero-order chi connectivity index (χ0) is 14.0. The SMILES string of the molecule is Cc1ccc(NC(=O)CN2C(=O)CSC2=O)c(N)c1. The number of carbonyl (C=O) groups is 3. The molecule has 1 aromatic rings. The summed E-state index contributed by atoms with van der Waals surface area (Å²) < 4.78 is 0. The lowest BCUT2D eigenvalue weighted by Gasteiger charge is -2.13. The van der Waals surface area contributed by atoms with Crippen LogP contribution in [0.4, 0.5) is 16.2 Å². The van der Waals surface area contributed by atoms with Crippen molar-refractivity contribution in [2.24, 2.45) is 0 Å². The normalized spacial score (nSPS) is 14.9. The molecule has 1 saturated heterocycles. The Morgan fingerprint density at radius 2 is 2.21 bits per heavy atom. The van der Waals surface area contributed by atoms with E-state index in [1.165, 1.54) is 0 Å². The number of benzene rings is 1. The number of carbonyl (C=O) groups excluding carboxylic acids is 3. The van der Waals surface area contributed by atoms with Gasteiger partial charge in [-0.15, -0.1) is 0 Å². The van der Waals surface area contributed by atoms with E-state index in [4.69, 9.17) is 5.73 Å². The molecule has 100 valence electrons. The Labute approximate surface area is 114 Å². The highest BCUT2D eigenvalue weighted by Gasteiger charge is 2.31. The van der Waals surface area contributed by atoms with Crippen LogP contribution in [0.2, 0.25) is 0 Å². The molecular weight excluding hydrogens is 266 g/mol. The van der Waals surface area contributed by atoms with Crippen LogP contribution >= 0.6 is 11.8 Å². The molecular formula is C12H13N3O3S. The molecule has 1 heterocycles. The van der Waals surface area contributed by atoms with E-state index in [1.807, 2.05) is 13.0 Å². The van der Waals surface area contributed by atoms with Gasteiger partial charge in [0, 0.05) is 0 Å². The highest BCUT2D eigenvalue weighted by Crippen LogP contribution is 2.21. The van der Waals surface area contributed by atoms with E-state index in [2.05, 4.69) is 5.32 Å². The lowest BCUT2D eigenvalue weighted by molar-refractivity contribution is -0.128. The number of thioether (sulfide) groups is 1. The second kappa shape index (κ2) is 5.31. The number of nitrogen functional groups attached to an aromatic ring is 1. The molecule has 3 amide bonds. The highest BCUT2D eigenvalue weighted by molar-refractivity contribution is 8.14. The van der Waals surface area contributed by atoms with Crippen LogP contribution in [0, 0.1) is 6.92 Å². The molecule has 7 heteroatoms. The quantitative estimate of drug-likeness (QED) is 0.811. The molecule has 1 aliphatic heterocycles. The number of anilines is 2. The molecule has 19 heavy (non-hydrogen) atoms. The van der Waals surface area contributed by atoms with E-state index >= 15 is 0 Å². The monoisotopic (exact) mass is 279 g/mol. The van der Waals surface area contributed by atoms with Gasteiger partial charge in [0.25, 0.3) is 5.24 Å². The van der Waals surface area contributed by atoms with Gasteiger partial charge in [0.2, 0.25) is 11.8 Å². The van der Waals surface area contributed by atoms with Crippen LogP contribution in [0.3, 0.4) is 0 Å². The van der Waals surface area contributed by atoms with E-state index < -0.39 is 11.1 Å². The minimum absolute atomic E-state index is 0.0960. The molecule has 1 aliphatic rings. The van der Waals surface area contributed by atoms with Crippen LogP contribution in [0.1, 0.15) is 5.56 Å². The number of imide groups is 1. The van der Waals surface area contributed by atoms with Gasteiger partial charge in [-0.1, -0.05) is 17.8 Å². The van der Waals surface area contributed by atoms with Crippen LogP contribution in [-0.2, 0) is 9.59 Å². The third kappa shape index (κ3) is 3.05. The maximum absolute atomic E-state index is 11.8. The Kier molecular flexibility index (Phi) is 3.75. The molecule has 0 radical (unpaired) electrons. The number of hydrogen-bond acceptors (Lipinski definition) is 5. The van der Waals surface area contributed by atoms with Crippen LogP contribution in [-0.4, -0.2) is 34.3 Å². The van der Waals surface area contributed by atoms with Crippen molar-refractivity contribution in [2.75, 3.05) is 23.3 Å². The summed E-state index contributed by atoms with van der Waals surface area (Å²) in [7, 11) is 0. The van der Waals surface area contributed by atoms with Crippen molar-refractivity contribution in [1.29, 1.82) is 0 Å². The van der Waals surface area contributed by atoms with E-state index in [-0.39, 0.29) is 18.2 Å². The van der Waals surface area contributed by atoms with Crippen molar-refractivity contribution in [3.63, 3.8) is 0 Å². The lowest BCUT2D eigenvalue weighted by atomic mass is 10.2. The Bertz CT molecular complexity index is 543. The molecule has 2 rings (SSSR count). The summed E-state index contributed by atoms with van der Waals surface area (Å²) in [4.78, 5) is 35.4. The van der Waals surface area contributed by atoms with E-state index in [0.717, 1.165) is 22.2 Å². The second-order valence-electron chi connectivity index (χ2n) is 4.17. The first kappa shape index (κ1) is 13.4. The number of hydrogen-bond donors (Lipinski definition) is 2. The molecule has 0 atom stereocenters. The van der Waals surface area contributed by atoms with E-state index in [0.29, 0.717) is 11.4 Å². The topological polar surface area (TPSA) is 92.5 Å². The van der Waals surface area contributed by atoms with Crippen molar-refractivity contribution in [2.45, 2.75) is 6.92 Å². The Morgan fingerprint density at radius 3 is 2.79 bits per heavy atom. The third-order valence-electron chi connectivity index (χ3n) is 2.62. The molecule has 1 aromatic carbocycles. The minimum Gasteiger partial charge on any atom is -0.397 e. The Balaban J connectivity index is 2.01. The van der Waals surface area contributed by atoms with Crippen LogP contribution in [0.25, 0.3) is 0 Å². The number of nitrogens with two attached hydrogens (primary N) is 1. The number of nitrogens with one attached hydrogen (secondary N) is 1. The predicted octanol–water partition coefficient (Wildman–Crippen LogP) is 1.21. The summed E-state index contributed by atoms with van der Waals surface area (Å²) in [5.41, 5.74) is 7.67. The van der Waals surface area contributed by atoms with Gasteiger partial charge in [-0.3, -0.25) is 19.3 Å². The molecule has 0 aliphatic carbocycles. The van der Waals surface area contributed by atoms with Crippen molar-refractivity contribution >= 4 is 40.2 Å². The summed E-state index contributed by atoms with van der Waals surface area (Å²) in [6.45, 7) is 1.61. The molecule has 1 fully saturated rings. The summed E-state index contributed by atoms with van der Waals surface area (Å²) in [6, 6.07) is 5.23. The lowest BCUT2D eigenvalue weighted by Crippen LogP contribution is -2.36. The first-order valence-electron chi connectivity index (χ1n) is 5.60. The summed E-state index contributed by atoms with van der Waals surface area (Å²) in [5.74, 6) is -0.694. The molecule has 0 bridgehead atoms. The van der Waals surface area contributed by atoms with Crippen LogP contribution in [0.5, 0.6) is 0 Å². The van der Waals surface area contributed by atoms with Crippen LogP contribution in [0.15, 0.2) is 18.2 Å². The molecule has 0 aromatic heterocycles. The Hall–Kier alpha value is -2.02. The average molecular weight is 279 g/mol. The predicted molar refractivity (Wildman–Crippen MR) is 73.8 cm³/mol. The van der Waals surface area contributed by atoms with E-state index in [9.17, 15) is 14.4 Å². The number of aryl methyl sites for hydroxylation is 1. The largest absolute Gasteiger partial charge is 0.397 e. The molecule has 3 N–H and O–H groups in total. The van der Waals surface area contributed by atoms with Gasteiger partial charge in [0.05, 0.1) is 17.1 Å². The zero-order valence-electron chi connectivity index (χ0n) is 10.3. The van der Waals surface area contributed by atoms with E-state index in [1.54, 1.807) is 12.1 Å². The molecule has 0 saturated carbocycles. The van der Waals surface area contributed by atoms with Crippen molar-refractivity contribution in [3.05, 3.63) is 23.8 Å². The summed E-state index contributed by atoms with van der Waals surface area (Å²) >= 11 is 0.900. The molecule has 6 nitrogen and oxygen atoms in total. The van der Waals surface area contributed by atoms with Gasteiger partial charge in [-0.05, 0) is 24.6 Å². The molecule has 0 spiro atoms. The van der Waals surface area contributed by atoms with Gasteiger partial charge >= 0.3 is 0 Å². The van der Waals surface area contributed by atoms with Gasteiger partial charge in [0.1, 0.15) is 6.54 Å². The zero-order valence-corrected chi connectivity index (χ0v) is 11.1. The Morgan fingerprint density at radius 1 is 1.47 bits per heavy atom. The second-order valence-corrected chi connectivity index (χ2v) is 5.10.